The summed E-state index contributed by atoms with van der Waals surface area (Å²) >= 11 is 1.59. The van der Waals surface area contributed by atoms with Crippen molar-refractivity contribution in [3.63, 3.8) is 0 Å². The molecular formula is C21H24N2O2S. The number of hydrogen-bond acceptors (Lipinski definition) is 3. The molecule has 1 atom stereocenters. The molecule has 0 bridgehead atoms. The molecule has 2 amide bonds. The van der Waals surface area contributed by atoms with Gasteiger partial charge in [0.25, 0.3) is 0 Å². The minimum Gasteiger partial charge on any atom is -0.326 e. The molecule has 5 heteroatoms. The highest BCUT2D eigenvalue weighted by molar-refractivity contribution is 8.00. The van der Waals surface area contributed by atoms with Crippen molar-refractivity contribution < 1.29 is 9.59 Å². The van der Waals surface area contributed by atoms with Crippen molar-refractivity contribution >= 4 is 35.0 Å². The predicted octanol–water partition coefficient (Wildman–Crippen LogP) is 4.68. The summed E-state index contributed by atoms with van der Waals surface area (Å²) in [7, 11) is 0. The average Bonchev–Trinajstić information content (AvgIpc) is 2.96. The van der Waals surface area contributed by atoms with Crippen LogP contribution in [0.25, 0.3) is 0 Å². The number of benzene rings is 2. The van der Waals surface area contributed by atoms with Crippen LogP contribution >= 0.6 is 11.8 Å². The van der Waals surface area contributed by atoms with E-state index in [4.69, 9.17) is 0 Å². The van der Waals surface area contributed by atoms with Crippen LogP contribution in [-0.2, 0) is 9.59 Å². The third-order valence-electron chi connectivity index (χ3n) is 4.49. The highest BCUT2D eigenvalue weighted by Gasteiger charge is 2.36. The molecule has 1 N–H and O–H groups in total. The van der Waals surface area contributed by atoms with Gasteiger partial charge >= 0.3 is 0 Å². The predicted molar refractivity (Wildman–Crippen MR) is 109 cm³/mol. The number of nitrogens with one attached hydrogen (secondary N) is 1. The molecule has 1 saturated heterocycles. The van der Waals surface area contributed by atoms with Gasteiger partial charge in [-0.1, -0.05) is 49.7 Å². The molecule has 0 aliphatic carbocycles. The lowest BCUT2D eigenvalue weighted by molar-refractivity contribution is -0.119. The Hall–Kier alpha value is -2.27. The third-order valence-corrected chi connectivity index (χ3v) is 5.68. The van der Waals surface area contributed by atoms with E-state index in [-0.39, 0.29) is 23.1 Å². The van der Waals surface area contributed by atoms with Gasteiger partial charge in [0.2, 0.25) is 11.8 Å². The van der Waals surface area contributed by atoms with Gasteiger partial charge in [-0.15, -0.1) is 11.8 Å². The van der Waals surface area contributed by atoms with Gasteiger partial charge in [-0.2, -0.15) is 0 Å². The van der Waals surface area contributed by atoms with Crippen LogP contribution in [0, 0.1) is 19.8 Å². The maximum Gasteiger partial charge on any atom is 0.238 e. The smallest absolute Gasteiger partial charge is 0.238 e. The zero-order valence-corrected chi connectivity index (χ0v) is 16.4. The van der Waals surface area contributed by atoms with Crippen LogP contribution in [-0.4, -0.2) is 17.6 Å². The summed E-state index contributed by atoms with van der Waals surface area (Å²) in [6.07, 6.45) is 0. The normalized spacial score (nSPS) is 17.0. The lowest BCUT2D eigenvalue weighted by Crippen LogP contribution is -2.29. The second-order valence-electron chi connectivity index (χ2n) is 6.95. The number of para-hydroxylation sites is 1. The zero-order chi connectivity index (χ0) is 18.8. The van der Waals surface area contributed by atoms with Crippen LogP contribution in [0.3, 0.4) is 0 Å². The first-order valence-electron chi connectivity index (χ1n) is 8.79. The Labute approximate surface area is 159 Å². The van der Waals surface area contributed by atoms with E-state index in [1.54, 1.807) is 11.8 Å². The van der Waals surface area contributed by atoms with E-state index in [1.165, 1.54) is 5.56 Å². The summed E-state index contributed by atoms with van der Waals surface area (Å²) in [5.74, 6) is 0.405. The largest absolute Gasteiger partial charge is 0.326 e. The number of thioether (sulfide) groups is 1. The van der Waals surface area contributed by atoms with Crippen LogP contribution < -0.4 is 10.2 Å². The molecule has 0 spiro atoms. The number of amides is 2. The summed E-state index contributed by atoms with van der Waals surface area (Å²) in [5, 5.41) is 2.86. The SMILES string of the molecule is Cc1ccc(N2C(=O)CSC2c2ccccc2NC(=O)C(C)C)c(C)c1. The maximum atomic E-state index is 12.7. The first-order valence-corrected chi connectivity index (χ1v) is 9.84. The first-order chi connectivity index (χ1) is 12.4. The van der Waals surface area contributed by atoms with Crippen molar-refractivity contribution in [1.82, 2.24) is 0 Å². The molecule has 0 aromatic heterocycles. The summed E-state index contributed by atoms with van der Waals surface area (Å²) in [6.45, 7) is 7.81. The average molecular weight is 369 g/mol. The van der Waals surface area contributed by atoms with E-state index in [9.17, 15) is 9.59 Å². The molecule has 1 fully saturated rings. The van der Waals surface area contributed by atoms with E-state index in [1.807, 2.05) is 69.0 Å². The molecule has 1 aliphatic heterocycles. The van der Waals surface area contributed by atoms with Gasteiger partial charge < -0.3 is 5.32 Å². The van der Waals surface area contributed by atoms with Crippen molar-refractivity contribution in [2.45, 2.75) is 33.1 Å². The maximum absolute atomic E-state index is 12.7. The molecule has 1 aliphatic rings. The Morgan fingerprint density at radius 2 is 1.92 bits per heavy atom. The van der Waals surface area contributed by atoms with Crippen LogP contribution in [0.2, 0.25) is 0 Å². The Bertz CT molecular complexity index is 848. The van der Waals surface area contributed by atoms with Gasteiger partial charge in [-0.05, 0) is 31.5 Å². The van der Waals surface area contributed by atoms with E-state index in [0.717, 1.165) is 22.5 Å². The van der Waals surface area contributed by atoms with Gasteiger partial charge in [0.05, 0.1) is 5.75 Å². The zero-order valence-electron chi connectivity index (χ0n) is 15.6. The monoisotopic (exact) mass is 368 g/mol. The van der Waals surface area contributed by atoms with Crippen molar-refractivity contribution in [3.05, 3.63) is 59.2 Å². The fraction of sp³-hybridized carbons (Fsp3) is 0.333. The molecule has 1 heterocycles. The van der Waals surface area contributed by atoms with Crippen molar-refractivity contribution in [3.8, 4) is 0 Å². The van der Waals surface area contributed by atoms with Gasteiger partial charge in [0, 0.05) is 22.9 Å². The topological polar surface area (TPSA) is 49.4 Å². The Kier molecular flexibility index (Phi) is 5.37. The van der Waals surface area contributed by atoms with E-state index in [0.29, 0.717) is 5.75 Å². The molecule has 2 aromatic rings. The Balaban J connectivity index is 2.00. The fourth-order valence-corrected chi connectivity index (χ4v) is 4.30. The first kappa shape index (κ1) is 18.5. The van der Waals surface area contributed by atoms with Crippen molar-refractivity contribution in [2.75, 3.05) is 16.0 Å². The van der Waals surface area contributed by atoms with E-state index < -0.39 is 0 Å². The Morgan fingerprint density at radius 1 is 1.19 bits per heavy atom. The quantitative estimate of drug-likeness (QED) is 0.853. The number of nitrogens with zero attached hydrogens (tertiary/aromatic N) is 1. The lowest BCUT2D eigenvalue weighted by atomic mass is 10.1. The fourth-order valence-electron chi connectivity index (χ4n) is 3.09. The molecule has 3 rings (SSSR count). The minimum absolute atomic E-state index is 0.0233. The number of hydrogen-bond donors (Lipinski definition) is 1. The van der Waals surface area contributed by atoms with Gasteiger partial charge in [0.15, 0.2) is 0 Å². The van der Waals surface area contributed by atoms with E-state index >= 15 is 0 Å². The number of carbonyl (C=O) groups is 2. The summed E-state index contributed by atoms with van der Waals surface area (Å²) in [4.78, 5) is 26.7. The Morgan fingerprint density at radius 3 is 2.62 bits per heavy atom. The summed E-state index contributed by atoms with van der Waals surface area (Å²) in [5.41, 5.74) is 4.91. The standard InChI is InChI=1S/C21H24N2O2S/c1-13(2)20(25)22-17-8-6-5-7-16(17)21-23(19(24)12-26-21)18-10-9-14(3)11-15(18)4/h5-11,13,21H,12H2,1-4H3,(H,22,25). The molecular weight excluding hydrogens is 344 g/mol. The highest BCUT2D eigenvalue weighted by Crippen LogP contribution is 2.45. The molecule has 2 aromatic carbocycles. The highest BCUT2D eigenvalue weighted by atomic mass is 32.2. The number of anilines is 2. The summed E-state index contributed by atoms with van der Waals surface area (Å²) in [6, 6.07) is 13.9. The van der Waals surface area contributed by atoms with Crippen molar-refractivity contribution in [1.29, 1.82) is 0 Å². The van der Waals surface area contributed by atoms with E-state index in [2.05, 4.69) is 11.4 Å². The summed E-state index contributed by atoms with van der Waals surface area (Å²) < 4.78 is 0. The molecule has 4 nitrogen and oxygen atoms in total. The molecule has 136 valence electrons. The second-order valence-corrected chi connectivity index (χ2v) is 8.02. The van der Waals surface area contributed by atoms with Gasteiger partial charge in [-0.3, -0.25) is 14.5 Å². The van der Waals surface area contributed by atoms with Crippen molar-refractivity contribution in [2.24, 2.45) is 5.92 Å². The molecule has 0 radical (unpaired) electrons. The third kappa shape index (κ3) is 3.63. The van der Waals surface area contributed by atoms with Gasteiger partial charge in [0.1, 0.15) is 5.37 Å². The lowest BCUT2D eigenvalue weighted by Gasteiger charge is -2.27. The van der Waals surface area contributed by atoms with Gasteiger partial charge in [-0.25, -0.2) is 0 Å². The van der Waals surface area contributed by atoms with Crippen LogP contribution in [0.15, 0.2) is 42.5 Å². The molecule has 1 unspecified atom stereocenters. The number of aryl methyl sites for hydroxylation is 2. The number of rotatable bonds is 4. The molecule has 26 heavy (non-hydrogen) atoms. The second kappa shape index (κ2) is 7.54. The number of carbonyl (C=O) groups excluding carboxylic acids is 2. The van der Waals surface area contributed by atoms with Crippen LogP contribution in [0.4, 0.5) is 11.4 Å². The molecule has 0 saturated carbocycles. The van der Waals surface area contributed by atoms with Crippen LogP contribution in [0.5, 0.6) is 0 Å². The van der Waals surface area contributed by atoms with Crippen LogP contribution in [0.1, 0.15) is 35.9 Å². The minimum atomic E-state index is -0.146.